The highest BCUT2D eigenvalue weighted by atomic mass is 16.2. The largest absolute Gasteiger partial charge is 0.332 e. The third kappa shape index (κ3) is 4.80. The Balaban J connectivity index is 0.00000136. The topological polar surface area (TPSA) is 61.8 Å². The number of allylic oxidation sites excluding steroid dienone is 6. The maximum atomic E-state index is 13.0. The summed E-state index contributed by atoms with van der Waals surface area (Å²) < 4.78 is 4.70. The van der Waals surface area contributed by atoms with Gasteiger partial charge in [0.05, 0.1) is 6.33 Å². The average molecular weight is 385 g/mol. The first kappa shape index (κ1) is 21.7. The quantitative estimate of drug-likeness (QED) is 0.679. The highest BCUT2D eigenvalue weighted by Gasteiger charge is 2.16. The lowest BCUT2D eigenvalue weighted by Gasteiger charge is -2.10. The third-order valence-corrected chi connectivity index (χ3v) is 4.78. The summed E-state index contributed by atoms with van der Waals surface area (Å²) >= 11 is 0. The summed E-state index contributed by atoms with van der Waals surface area (Å²) in [6.07, 6.45) is 16.8. The minimum atomic E-state index is -0.288. The summed E-state index contributed by atoms with van der Waals surface area (Å²) in [6.45, 7) is 7.19. The minimum Gasteiger partial charge on any atom is -0.321 e. The first-order chi connectivity index (χ1) is 13.6. The van der Waals surface area contributed by atoms with Gasteiger partial charge in [0.1, 0.15) is 0 Å². The molecular weight excluding hydrogens is 352 g/mol. The Labute approximate surface area is 166 Å². The Hall–Kier alpha value is -2.63. The lowest BCUT2D eigenvalue weighted by atomic mass is 10.2. The Morgan fingerprint density at radius 2 is 1.86 bits per heavy atom. The van der Waals surface area contributed by atoms with Crippen LogP contribution in [0.2, 0.25) is 0 Å². The molecule has 0 amide bonds. The predicted molar refractivity (Wildman–Crippen MR) is 116 cm³/mol. The fraction of sp³-hybridized carbons (Fsp3) is 0.500. The summed E-state index contributed by atoms with van der Waals surface area (Å²) in [7, 11) is 1.68. The first-order valence-electron chi connectivity index (χ1n) is 10.3. The van der Waals surface area contributed by atoms with Gasteiger partial charge in [-0.1, -0.05) is 70.4 Å². The van der Waals surface area contributed by atoms with Gasteiger partial charge in [0, 0.05) is 20.1 Å². The van der Waals surface area contributed by atoms with Gasteiger partial charge in [0.25, 0.3) is 5.56 Å². The van der Waals surface area contributed by atoms with E-state index in [4.69, 9.17) is 0 Å². The molecule has 0 unspecified atom stereocenters. The van der Waals surface area contributed by atoms with Gasteiger partial charge < -0.3 is 4.57 Å². The van der Waals surface area contributed by atoms with Crippen molar-refractivity contribution in [3.63, 3.8) is 0 Å². The van der Waals surface area contributed by atoms with Crippen LogP contribution < -0.4 is 11.2 Å². The van der Waals surface area contributed by atoms with Gasteiger partial charge in [0.2, 0.25) is 0 Å². The van der Waals surface area contributed by atoms with Crippen molar-refractivity contribution in [3.8, 4) is 0 Å². The molecule has 6 heteroatoms. The molecule has 3 rings (SSSR count). The summed E-state index contributed by atoms with van der Waals surface area (Å²) in [6, 6.07) is 0. The molecule has 2 heterocycles. The van der Waals surface area contributed by atoms with E-state index < -0.39 is 0 Å². The second kappa shape index (κ2) is 10.6. The monoisotopic (exact) mass is 384 g/mol. The average Bonchev–Trinajstić information content (AvgIpc) is 2.95. The highest BCUT2D eigenvalue weighted by Crippen LogP contribution is 2.13. The maximum absolute atomic E-state index is 13.0. The fourth-order valence-corrected chi connectivity index (χ4v) is 3.29. The van der Waals surface area contributed by atoms with Gasteiger partial charge in [-0.3, -0.25) is 13.9 Å². The molecule has 28 heavy (non-hydrogen) atoms. The van der Waals surface area contributed by atoms with Crippen molar-refractivity contribution in [2.45, 2.75) is 66.0 Å². The van der Waals surface area contributed by atoms with Crippen LogP contribution >= 0.6 is 0 Å². The Morgan fingerprint density at radius 1 is 1.07 bits per heavy atom. The molecule has 0 saturated heterocycles. The lowest BCUT2D eigenvalue weighted by molar-refractivity contribution is 0.538. The van der Waals surface area contributed by atoms with Crippen LogP contribution in [0.15, 0.2) is 51.9 Å². The number of unbranched alkanes of at least 4 members (excludes halogenated alkanes) is 3. The van der Waals surface area contributed by atoms with Gasteiger partial charge in [-0.15, -0.1) is 0 Å². The number of aryl methyl sites for hydroxylation is 1. The Kier molecular flexibility index (Phi) is 8.23. The van der Waals surface area contributed by atoms with Crippen molar-refractivity contribution in [2.24, 2.45) is 7.05 Å². The number of aromatic nitrogens is 4. The zero-order valence-electron chi connectivity index (χ0n) is 17.5. The van der Waals surface area contributed by atoms with Crippen LogP contribution in [-0.2, 0) is 20.1 Å². The van der Waals surface area contributed by atoms with Gasteiger partial charge in [-0.05, 0) is 18.4 Å². The second-order valence-corrected chi connectivity index (χ2v) is 6.75. The molecule has 6 nitrogen and oxygen atoms in total. The molecule has 0 N–H and O–H groups in total. The van der Waals surface area contributed by atoms with E-state index in [0.717, 1.165) is 32.1 Å². The van der Waals surface area contributed by atoms with Gasteiger partial charge in [0.15, 0.2) is 11.2 Å². The summed E-state index contributed by atoms with van der Waals surface area (Å²) in [4.78, 5) is 29.9. The van der Waals surface area contributed by atoms with E-state index >= 15 is 0 Å². The molecule has 2 aromatic heterocycles. The van der Waals surface area contributed by atoms with E-state index in [9.17, 15) is 9.59 Å². The molecule has 1 aliphatic carbocycles. The van der Waals surface area contributed by atoms with E-state index in [1.54, 1.807) is 13.4 Å². The van der Waals surface area contributed by atoms with E-state index in [-0.39, 0.29) is 11.2 Å². The molecule has 152 valence electrons. The SMILES string of the molecule is CC.CCCCCCn1c(=O)c2c(ncn2CC2=CC=CC=CC2)n(C)c1=O. The van der Waals surface area contributed by atoms with Crippen molar-refractivity contribution < 1.29 is 0 Å². The molecule has 1 aliphatic rings. The number of hydrogen-bond acceptors (Lipinski definition) is 3. The van der Waals surface area contributed by atoms with Crippen LogP contribution in [0, 0.1) is 0 Å². The molecule has 0 radical (unpaired) electrons. The standard InChI is InChI=1S/C20H26N4O2.C2H6/c1-3-4-5-10-13-24-19(25)17-18(22(2)20(24)26)21-15-23(17)14-16-11-8-6-7-9-12-16;1-2/h6-9,11,15H,3-5,10,12-14H2,1-2H3;1-2H3. The van der Waals surface area contributed by atoms with Crippen molar-refractivity contribution >= 4 is 11.2 Å². The summed E-state index contributed by atoms with van der Waals surface area (Å²) in [5.74, 6) is 0. The van der Waals surface area contributed by atoms with Crippen LogP contribution in [0.5, 0.6) is 0 Å². The lowest BCUT2D eigenvalue weighted by Crippen LogP contribution is -2.39. The normalized spacial score (nSPS) is 13.2. The second-order valence-electron chi connectivity index (χ2n) is 6.75. The molecule has 0 saturated carbocycles. The molecule has 0 atom stereocenters. The molecular formula is C22H32N4O2. The van der Waals surface area contributed by atoms with Gasteiger partial charge in [-0.2, -0.15) is 0 Å². The van der Waals surface area contributed by atoms with Crippen molar-refractivity contribution in [1.82, 2.24) is 18.7 Å². The molecule has 0 spiro atoms. The van der Waals surface area contributed by atoms with Gasteiger partial charge >= 0.3 is 5.69 Å². The number of nitrogens with zero attached hydrogens (tertiary/aromatic N) is 4. The maximum Gasteiger partial charge on any atom is 0.332 e. The molecule has 2 aromatic rings. The van der Waals surface area contributed by atoms with Crippen molar-refractivity contribution in [1.29, 1.82) is 0 Å². The van der Waals surface area contributed by atoms with Crippen LogP contribution in [0.25, 0.3) is 11.2 Å². The molecule has 0 aromatic carbocycles. The van der Waals surface area contributed by atoms with Crippen LogP contribution in [0.3, 0.4) is 0 Å². The fourth-order valence-electron chi connectivity index (χ4n) is 3.29. The molecule has 0 bridgehead atoms. The zero-order valence-corrected chi connectivity index (χ0v) is 17.5. The highest BCUT2D eigenvalue weighted by molar-refractivity contribution is 5.70. The van der Waals surface area contributed by atoms with E-state index in [0.29, 0.717) is 24.3 Å². The zero-order chi connectivity index (χ0) is 20.5. The van der Waals surface area contributed by atoms with E-state index in [1.165, 1.54) is 14.7 Å². The van der Waals surface area contributed by atoms with Crippen LogP contribution in [0.1, 0.15) is 52.9 Å². The van der Waals surface area contributed by atoms with Crippen molar-refractivity contribution in [2.75, 3.05) is 0 Å². The minimum absolute atomic E-state index is 0.239. The number of imidazole rings is 1. The Morgan fingerprint density at radius 3 is 2.61 bits per heavy atom. The third-order valence-electron chi connectivity index (χ3n) is 4.78. The van der Waals surface area contributed by atoms with Crippen LogP contribution in [-0.4, -0.2) is 18.7 Å². The number of fused-ring (bicyclic) bond motifs is 1. The van der Waals surface area contributed by atoms with E-state index in [2.05, 4.69) is 24.1 Å². The first-order valence-corrected chi connectivity index (χ1v) is 10.3. The van der Waals surface area contributed by atoms with Crippen LogP contribution in [0.4, 0.5) is 0 Å². The number of rotatable bonds is 7. The number of hydrogen-bond donors (Lipinski definition) is 0. The van der Waals surface area contributed by atoms with Gasteiger partial charge in [-0.25, -0.2) is 9.78 Å². The Bertz CT molecular complexity index is 986. The molecule has 0 fully saturated rings. The molecule has 0 aliphatic heterocycles. The summed E-state index contributed by atoms with van der Waals surface area (Å²) in [5.41, 5.74) is 1.61. The van der Waals surface area contributed by atoms with E-state index in [1.807, 2.05) is 36.6 Å². The summed E-state index contributed by atoms with van der Waals surface area (Å²) in [5, 5.41) is 0. The van der Waals surface area contributed by atoms with Crippen molar-refractivity contribution in [3.05, 3.63) is 63.1 Å². The predicted octanol–water partition coefficient (Wildman–Crippen LogP) is 3.95. The smallest absolute Gasteiger partial charge is 0.321 e.